The van der Waals surface area contributed by atoms with E-state index in [0.29, 0.717) is 5.56 Å². The van der Waals surface area contributed by atoms with Gasteiger partial charge in [-0.3, -0.25) is 10.1 Å². The molecular weight excluding hydrogens is 358 g/mol. The molecule has 4 heterocycles. The van der Waals surface area contributed by atoms with Crippen LogP contribution >= 0.6 is 11.3 Å². The third-order valence-corrected chi connectivity index (χ3v) is 5.81. The lowest BCUT2D eigenvalue weighted by atomic mass is 10.0. The van der Waals surface area contributed by atoms with Crippen LogP contribution < -0.4 is 5.32 Å². The van der Waals surface area contributed by atoms with E-state index >= 15 is 0 Å². The Labute approximate surface area is 159 Å². The van der Waals surface area contributed by atoms with Gasteiger partial charge in [0.25, 0.3) is 0 Å². The molecule has 6 nitrogen and oxygen atoms in total. The van der Waals surface area contributed by atoms with Gasteiger partial charge in [0.1, 0.15) is 16.3 Å². The molecule has 0 fully saturated rings. The van der Waals surface area contributed by atoms with E-state index in [0.717, 1.165) is 51.6 Å². The highest BCUT2D eigenvalue weighted by Gasteiger charge is 2.14. The number of aromatic amines is 1. The summed E-state index contributed by atoms with van der Waals surface area (Å²) in [6, 6.07) is 7.60. The maximum atomic E-state index is 10.5. The van der Waals surface area contributed by atoms with Gasteiger partial charge in [-0.25, -0.2) is 4.98 Å². The fraction of sp³-hybridized carbons (Fsp3) is 0.150. The number of fused-ring (bicyclic) bond motifs is 1. The fourth-order valence-electron chi connectivity index (χ4n) is 3.27. The summed E-state index contributed by atoms with van der Waals surface area (Å²) in [7, 11) is 0. The quantitative estimate of drug-likeness (QED) is 0.507. The van der Waals surface area contributed by atoms with E-state index in [4.69, 9.17) is 4.98 Å². The van der Waals surface area contributed by atoms with Crippen molar-refractivity contribution in [2.24, 2.45) is 0 Å². The van der Waals surface area contributed by atoms with Crippen molar-refractivity contribution in [1.29, 1.82) is 0 Å². The van der Waals surface area contributed by atoms with Gasteiger partial charge in [0.2, 0.25) is 0 Å². The lowest BCUT2D eigenvalue weighted by molar-refractivity contribution is 0.477. The number of H-pyrrole nitrogens is 1. The van der Waals surface area contributed by atoms with Gasteiger partial charge in [0.05, 0.1) is 22.8 Å². The molecule has 0 spiro atoms. The number of hydrogen-bond acceptors (Lipinski definition) is 6. The molecule has 5 rings (SSSR count). The summed E-state index contributed by atoms with van der Waals surface area (Å²) in [4.78, 5) is 9.25. The van der Waals surface area contributed by atoms with Crippen molar-refractivity contribution in [3.05, 3.63) is 53.9 Å². The molecule has 134 valence electrons. The third kappa shape index (κ3) is 3.01. The molecule has 0 aliphatic carbocycles. The van der Waals surface area contributed by atoms with Gasteiger partial charge in [-0.2, -0.15) is 5.10 Å². The Bertz CT molecular complexity index is 1150. The first-order valence-corrected chi connectivity index (χ1v) is 9.59. The SMILES string of the molecule is Oc1cc(-c2cn[nH]c2)ccc1-c1cc2sc(C3=CCNCC3)nc2cn1. The largest absolute Gasteiger partial charge is 0.507 e. The highest BCUT2D eigenvalue weighted by atomic mass is 32.1. The molecule has 3 aromatic heterocycles. The van der Waals surface area contributed by atoms with Crippen molar-refractivity contribution in [2.75, 3.05) is 13.1 Å². The third-order valence-electron chi connectivity index (χ3n) is 4.72. The van der Waals surface area contributed by atoms with Crippen LogP contribution in [-0.4, -0.2) is 38.4 Å². The number of nitrogens with zero attached hydrogens (tertiary/aromatic N) is 3. The molecule has 4 aromatic rings. The molecule has 3 N–H and O–H groups in total. The van der Waals surface area contributed by atoms with Crippen molar-refractivity contribution in [3.8, 4) is 28.1 Å². The molecule has 0 saturated heterocycles. The van der Waals surface area contributed by atoms with Crippen molar-refractivity contribution in [2.45, 2.75) is 6.42 Å². The van der Waals surface area contributed by atoms with Gasteiger partial charge in [0, 0.05) is 23.9 Å². The molecule has 0 unspecified atom stereocenters. The van der Waals surface area contributed by atoms with Crippen LogP contribution in [0.25, 0.3) is 38.2 Å². The van der Waals surface area contributed by atoms with E-state index < -0.39 is 0 Å². The van der Waals surface area contributed by atoms with Crippen molar-refractivity contribution in [3.63, 3.8) is 0 Å². The van der Waals surface area contributed by atoms with E-state index in [9.17, 15) is 5.11 Å². The Hall–Kier alpha value is -3.03. The van der Waals surface area contributed by atoms with Gasteiger partial charge in [-0.15, -0.1) is 11.3 Å². The molecule has 0 saturated carbocycles. The van der Waals surface area contributed by atoms with E-state index in [1.54, 1.807) is 36.0 Å². The minimum absolute atomic E-state index is 0.200. The molecule has 7 heteroatoms. The maximum absolute atomic E-state index is 10.5. The van der Waals surface area contributed by atoms with Gasteiger partial charge >= 0.3 is 0 Å². The highest BCUT2D eigenvalue weighted by molar-refractivity contribution is 7.19. The zero-order valence-corrected chi connectivity index (χ0v) is 15.3. The summed E-state index contributed by atoms with van der Waals surface area (Å²) >= 11 is 1.68. The number of phenolic OH excluding ortho intramolecular Hbond substituents is 1. The molecule has 0 atom stereocenters. The van der Waals surface area contributed by atoms with Crippen LogP contribution in [0.15, 0.2) is 48.9 Å². The molecule has 1 aromatic carbocycles. The van der Waals surface area contributed by atoms with Crippen LogP contribution in [0.3, 0.4) is 0 Å². The van der Waals surface area contributed by atoms with Crippen LogP contribution in [0.1, 0.15) is 11.4 Å². The number of aromatic nitrogens is 4. The summed E-state index contributed by atoms with van der Waals surface area (Å²) in [6.45, 7) is 1.88. The monoisotopic (exact) mass is 375 g/mol. The molecule has 0 amide bonds. The minimum Gasteiger partial charge on any atom is -0.507 e. The molecule has 0 bridgehead atoms. The maximum Gasteiger partial charge on any atom is 0.125 e. The number of nitrogens with one attached hydrogen (secondary N) is 2. The topological polar surface area (TPSA) is 86.7 Å². The molecule has 1 aliphatic rings. The van der Waals surface area contributed by atoms with Gasteiger partial charge < -0.3 is 10.4 Å². The molecule has 1 aliphatic heterocycles. The van der Waals surface area contributed by atoms with Crippen LogP contribution in [0.2, 0.25) is 0 Å². The Morgan fingerprint density at radius 2 is 2.07 bits per heavy atom. The number of benzene rings is 1. The second-order valence-electron chi connectivity index (χ2n) is 6.46. The number of thiazole rings is 1. The lowest BCUT2D eigenvalue weighted by Gasteiger charge is -2.10. The summed E-state index contributed by atoms with van der Waals surface area (Å²) in [5.74, 6) is 0.200. The lowest BCUT2D eigenvalue weighted by Crippen LogP contribution is -2.19. The average molecular weight is 375 g/mol. The Morgan fingerprint density at radius 1 is 1.11 bits per heavy atom. The first-order chi connectivity index (χ1) is 13.3. The van der Waals surface area contributed by atoms with E-state index in [-0.39, 0.29) is 5.75 Å². The smallest absolute Gasteiger partial charge is 0.125 e. The first-order valence-electron chi connectivity index (χ1n) is 8.77. The van der Waals surface area contributed by atoms with Gasteiger partial charge in [-0.1, -0.05) is 12.1 Å². The van der Waals surface area contributed by atoms with E-state index in [1.807, 2.05) is 18.2 Å². The molecular formula is C20H17N5OS. The van der Waals surface area contributed by atoms with Crippen molar-refractivity contribution < 1.29 is 5.11 Å². The van der Waals surface area contributed by atoms with Crippen LogP contribution in [0, 0.1) is 0 Å². The Kier molecular flexibility index (Phi) is 3.95. The summed E-state index contributed by atoms with van der Waals surface area (Å²) in [6.07, 6.45) is 8.52. The predicted octanol–water partition coefficient (Wildman–Crippen LogP) is 3.83. The first kappa shape index (κ1) is 16.2. The highest BCUT2D eigenvalue weighted by Crippen LogP contribution is 2.35. The number of aromatic hydroxyl groups is 1. The zero-order valence-electron chi connectivity index (χ0n) is 14.4. The van der Waals surface area contributed by atoms with Crippen LogP contribution in [0.4, 0.5) is 0 Å². The van der Waals surface area contributed by atoms with Gasteiger partial charge in [-0.05, 0) is 42.3 Å². The number of hydrogen-bond donors (Lipinski definition) is 3. The normalized spacial score (nSPS) is 14.4. The standard InChI is InChI=1S/C20H17N5OS/c26-18-7-13(14-9-23-24-10-14)1-2-15(18)16-8-19-17(11-22-16)25-20(27-19)12-3-5-21-6-4-12/h1-3,7-11,21,26H,4-6H2,(H,23,24). The van der Waals surface area contributed by atoms with Crippen molar-refractivity contribution in [1.82, 2.24) is 25.5 Å². The number of phenols is 1. The second kappa shape index (κ2) is 6.61. The fourth-order valence-corrected chi connectivity index (χ4v) is 4.31. The number of rotatable bonds is 3. The van der Waals surface area contributed by atoms with E-state index in [1.165, 1.54) is 5.57 Å². The molecule has 27 heavy (non-hydrogen) atoms. The Morgan fingerprint density at radius 3 is 2.85 bits per heavy atom. The van der Waals surface area contributed by atoms with Crippen LogP contribution in [-0.2, 0) is 0 Å². The summed E-state index contributed by atoms with van der Waals surface area (Å²) in [5.41, 5.74) is 5.48. The second-order valence-corrected chi connectivity index (χ2v) is 7.49. The number of pyridine rings is 1. The van der Waals surface area contributed by atoms with Crippen molar-refractivity contribution >= 4 is 27.1 Å². The van der Waals surface area contributed by atoms with E-state index in [2.05, 4.69) is 26.6 Å². The zero-order chi connectivity index (χ0) is 18.2. The summed E-state index contributed by atoms with van der Waals surface area (Å²) < 4.78 is 1.08. The molecule has 0 radical (unpaired) electrons. The summed E-state index contributed by atoms with van der Waals surface area (Å²) in [5, 5.41) is 21.6. The minimum atomic E-state index is 0.200. The van der Waals surface area contributed by atoms with Gasteiger partial charge in [0.15, 0.2) is 0 Å². The predicted molar refractivity (Wildman–Crippen MR) is 108 cm³/mol. The average Bonchev–Trinajstić information content (AvgIpc) is 3.38. The van der Waals surface area contributed by atoms with Crippen LogP contribution in [0.5, 0.6) is 5.75 Å². The Balaban J connectivity index is 1.52.